The summed E-state index contributed by atoms with van der Waals surface area (Å²) in [6.45, 7) is 1.48. The molecule has 0 saturated carbocycles. The Labute approximate surface area is 200 Å². The van der Waals surface area contributed by atoms with Crippen molar-refractivity contribution >= 4 is 23.9 Å². The van der Waals surface area contributed by atoms with Crippen molar-refractivity contribution in [3.05, 3.63) is 65.5 Å². The molecule has 1 atom stereocenters. The number of nitrogens with zero attached hydrogens (tertiary/aromatic N) is 2. The van der Waals surface area contributed by atoms with Crippen molar-refractivity contribution in [2.24, 2.45) is 0 Å². The number of carboxylic acid groups (broad SMARTS) is 1. The van der Waals surface area contributed by atoms with Crippen LogP contribution in [0.1, 0.15) is 41.0 Å². The number of hydrogen-bond acceptors (Lipinski definition) is 7. The van der Waals surface area contributed by atoms with Gasteiger partial charge in [0.15, 0.2) is 5.54 Å². The number of carboxylic acids is 1. The Morgan fingerprint density at radius 3 is 2.29 bits per heavy atom. The van der Waals surface area contributed by atoms with Gasteiger partial charge in [0.1, 0.15) is 6.61 Å². The molecule has 1 aliphatic carbocycles. The molecule has 2 amide bonds. The minimum atomic E-state index is -1.63. The molecule has 11 heteroatoms. The quantitative estimate of drug-likeness (QED) is 0.365. The van der Waals surface area contributed by atoms with Crippen LogP contribution in [0.4, 0.5) is 10.7 Å². The molecule has 4 rings (SSSR count). The van der Waals surface area contributed by atoms with E-state index < -0.39 is 23.5 Å². The predicted molar refractivity (Wildman–Crippen MR) is 125 cm³/mol. The van der Waals surface area contributed by atoms with Gasteiger partial charge in [-0.15, -0.1) is 5.10 Å². The van der Waals surface area contributed by atoms with E-state index in [4.69, 9.17) is 9.47 Å². The monoisotopic (exact) mass is 479 g/mol. The second-order valence-corrected chi connectivity index (χ2v) is 8.09. The standard InChI is InChI=1S/C24H25N5O6/c1-3-24(13-34-2,21(31)32)27-20(30)19-25-22(29-28-19)26-23(33)35-12-18-16-10-6-4-8-14(16)15-9-5-7-11-17(15)18/h4-11,18H,3,12-13H2,1-2H3,(H,27,30)(H,31,32)(H2,25,26,28,29,33). The Kier molecular flexibility index (Phi) is 6.78. The highest BCUT2D eigenvalue weighted by Gasteiger charge is 2.39. The third kappa shape index (κ3) is 4.71. The van der Waals surface area contributed by atoms with E-state index in [1.54, 1.807) is 6.92 Å². The fourth-order valence-corrected chi connectivity index (χ4v) is 4.16. The molecule has 0 radical (unpaired) electrons. The molecular weight excluding hydrogens is 454 g/mol. The summed E-state index contributed by atoms with van der Waals surface area (Å²) in [5.41, 5.74) is 2.75. The molecule has 0 fully saturated rings. The van der Waals surface area contributed by atoms with Gasteiger partial charge in [0.05, 0.1) is 6.61 Å². The molecule has 1 heterocycles. The van der Waals surface area contributed by atoms with Crippen molar-refractivity contribution in [2.75, 3.05) is 25.6 Å². The maximum Gasteiger partial charge on any atom is 0.414 e. The normalized spacial score (nSPS) is 13.9. The molecule has 2 aromatic carbocycles. The Balaban J connectivity index is 1.39. The van der Waals surface area contributed by atoms with Crippen molar-refractivity contribution < 1.29 is 29.0 Å². The number of aliphatic carboxylic acids is 1. The zero-order valence-electron chi connectivity index (χ0n) is 19.2. The van der Waals surface area contributed by atoms with Gasteiger partial charge in [0.25, 0.3) is 11.9 Å². The molecule has 11 nitrogen and oxygen atoms in total. The first-order valence-electron chi connectivity index (χ1n) is 11.0. The highest BCUT2D eigenvalue weighted by atomic mass is 16.5. The van der Waals surface area contributed by atoms with Gasteiger partial charge in [-0.2, -0.15) is 4.98 Å². The Hall–Kier alpha value is -4.25. The van der Waals surface area contributed by atoms with E-state index in [-0.39, 0.29) is 37.3 Å². The number of aromatic amines is 1. The predicted octanol–water partition coefficient (Wildman–Crippen LogP) is 2.78. The van der Waals surface area contributed by atoms with Crippen molar-refractivity contribution in [3.63, 3.8) is 0 Å². The van der Waals surface area contributed by atoms with Crippen LogP contribution < -0.4 is 10.6 Å². The molecule has 1 aromatic heterocycles. The molecule has 0 aliphatic heterocycles. The number of carbonyl (C=O) groups is 3. The largest absolute Gasteiger partial charge is 0.479 e. The first-order valence-corrected chi connectivity index (χ1v) is 11.0. The summed E-state index contributed by atoms with van der Waals surface area (Å²) in [6.07, 6.45) is -0.702. The molecule has 35 heavy (non-hydrogen) atoms. The van der Waals surface area contributed by atoms with Crippen molar-refractivity contribution in [3.8, 4) is 11.1 Å². The number of anilines is 1. The first kappa shape index (κ1) is 23.9. The molecule has 4 N–H and O–H groups in total. The highest BCUT2D eigenvalue weighted by molar-refractivity contribution is 5.95. The van der Waals surface area contributed by atoms with Gasteiger partial charge in [0, 0.05) is 13.0 Å². The topological polar surface area (TPSA) is 156 Å². The van der Waals surface area contributed by atoms with Gasteiger partial charge in [-0.3, -0.25) is 15.2 Å². The molecular formula is C24H25N5O6. The second kappa shape index (κ2) is 9.94. The van der Waals surface area contributed by atoms with Crippen molar-refractivity contribution in [1.82, 2.24) is 20.5 Å². The van der Waals surface area contributed by atoms with Crippen LogP contribution >= 0.6 is 0 Å². The number of fused-ring (bicyclic) bond motifs is 3. The van der Waals surface area contributed by atoms with Crippen LogP contribution in [0.5, 0.6) is 0 Å². The molecule has 1 unspecified atom stereocenters. The Morgan fingerprint density at radius 1 is 1.09 bits per heavy atom. The maximum atomic E-state index is 12.5. The van der Waals surface area contributed by atoms with E-state index in [1.807, 2.05) is 48.5 Å². The van der Waals surface area contributed by atoms with Crippen LogP contribution in [0.3, 0.4) is 0 Å². The minimum Gasteiger partial charge on any atom is -0.479 e. The Bertz CT molecular complexity index is 1210. The molecule has 3 aromatic rings. The smallest absolute Gasteiger partial charge is 0.414 e. The first-order chi connectivity index (χ1) is 16.9. The number of rotatable bonds is 9. The number of carbonyl (C=O) groups excluding carboxylic acids is 2. The Morgan fingerprint density at radius 2 is 1.71 bits per heavy atom. The lowest BCUT2D eigenvalue weighted by atomic mass is 9.97. The SMILES string of the molecule is CCC(COC)(NC(=O)c1nc(NC(=O)OCC2c3ccccc3-c3ccccc32)n[nH]1)C(=O)O. The molecule has 0 saturated heterocycles. The summed E-state index contributed by atoms with van der Waals surface area (Å²) in [5, 5.41) is 20.5. The fourth-order valence-electron chi connectivity index (χ4n) is 4.16. The molecule has 0 bridgehead atoms. The maximum absolute atomic E-state index is 12.5. The average Bonchev–Trinajstić information content (AvgIpc) is 3.45. The number of amides is 2. The van der Waals surface area contributed by atoms with Gasteiger partial charge < -0.3 is 19.9 Å². The van der Waals surface area contributed by atoms with Crippen LogP contribution in [0.15, 0.2) is 48.5 Å². The summed E-state index contributed by atoms with van der Waals surface area (Å²) in [5.74, 6) is -2.61. The van der Waals surface area contributed by atoms with Gasteiger partial charge in [-0.05, 0) is 28.7 Å². The summed E-state index contributed by atoms with van der Waals surface area (Å²) >= 11 is 0. The van der Waals surface area contributed by atoms with Crippen LogP contribution in [0.25, 0.3) is 11.1 Å². The summed E-state index contributed by atoms with van der Waals surface area (Å²) in [4.78, 5) is 40.5. The summed E-state index contributed by atoms with van der Waals surface area (Å²) in [7, 11) is 1.34. The van der Waals surface area contributed by atoms with Crippen LogP contribution in [-0.2, 0) is 14.3 Å². The average molecular weight is 479 g/mol. The van der Waals surface area contributed by atoms with E-state index in [0.717, 1.165) is 22.3 Å². The lowest BCUT2D eigenvalue weighted by molar-refractivity contribution is -0.147. The van der Waals surface area contributed by atoms with Crippen molar-refractivity contribution in [1.29, 1.82) is 0 Å². The van der Waals surface area contributed by atoms with Crippen LogP contribution in [0.2, 0.25) is 0 Å². The third-order valence-electron chi connectivity index (χ3n) is 6.01. The number of ether oxygens (including phenoxy) is 2. The number of benzene rings is 2. The van der Waals surface area contributed by atoms with E-state index >= 15 is 0 Å². The second-order valence-electron chi connectivity index (χ2n) is 8.09. The van der Waals surface area contributed by atoms with E-state index in [2.05, 4.69) is 25.8 Å². The van der Waals surface area contributed by atoms with Gasteiger partial charge in [-0.25, -0.2) is 9.59 Å². The van der Waals surface area contributed by atoms with Gasteiger partial charge in [0.2, 0.25) is 5.82 Å². The van der Waals surface area contributed by atoms with Gasteiger partial charge >= 0.3 is 12.1 Å². The number of H-pyrrole nitrogens is 1. The lowest BCUT2D eigenvalue weighted by Gasteiger charge is -2.27. The third-order valence-corrected chi connectivity index (χ3v) is 6.01. The van der Waals surface area contributed by atoms with Crippen LogP contribution in [-0.4, -0.2) is 64.1 Å². The van der Waals surface area contributed by atoms with Crippen molar-refractivity contribution in [2.45, 2.75) is 24.8 Å². The van der Waals surface area contributed by atoms with E-state index in [1.165, 1.54) is 7.11 Å². The minimum absolute atomic E-state index is 0.0842. The van der Waals surface area contributed by atoms with Crippen LogP contribution in [0, 0.1) is 0 Å². The lowest BCUT2D eigenvalue weighted by Crippen LogP contribution is -2.57. The van der Waals surface area contributed by atoms with Gasteiger partial charge in [-0.1, -0.05) is 55.5 Å². The highest BCUT2D eigenvalue weighted by Crippen LogP contribution is 2.44. The zero-order chi connectivity index (χ0) is 25.0. The molecule has 182 valence electrons. The zero-order valence-corrected chi connectivity index (χ0v) is 19.2. The fraction of sp³-hybridized carbons (Fsp3) is 0.292. The molecule has 0 spiro atoms. The number of aromatic nitrogens is 3. The summed E-state index contributed by atoms with van der Waals surface area (Å²) in [6, 6.07) is 15.9. The van der Waals surface area contributed by atoms with E-state index in [9.17, 15) is 19.5 Å². The molecule has 1 aliphatic rings. The number of nitrogens with one attached hydrogen (secondary N) is 3. The van der Waals surface area contributed by atoms with E-state index in [0.29, 0.717) is 0 Å². The summed E-state index contributed by atoms with van der Waals surface area (Å²) < 4.78 is 10.4. The number of hydrogen-bond donors (Lipinski definition) is 4. The number of methoxy groups -OCH3 is 1.